The highest BCUT2D eigenvalue weighted by atomic mass is 35.5. The molecule has 1 heterocycles. The van der Waals surface area contributed by atoms with Crippen LogP contribution in [0.2, 0.25) is 5.02 Å². The lowest BCUT2D eigenvalue weighted by Crippen LogP contribution is -2.32. The fourth-order valence-corrected chi connectivity index (χ4v) is 1.39. The fraction of sp³-hybridized carbons (Fsp3) is 0.500. The van der Waals surface area contributed by atoms with Crippen molar-refractivity contribution in [3.05, 3.63) is 16.4 Å². The number of aromatic nitrogens is 2. The molecule has 0 saturated heterocycles. The molecule has 0 radical (unpaired) electrons. The lowest BCUT2D eigenvalue weighted by Gasteiger charge is -2.14. The van der Waals surface area contributed by atoms with Gasteiger partial charge in [0.15, 0.2) is 5.69 Å². The molecule has 0 aromatic carbocycles. The van der Waals surface area contributed by atoms with Crippen LogP contribution >= 0.6 is 11.6 Å². The van der Waals surface area contributed by atoms with E-state index in [4.69, 9.17) is 11.6 Å². The summed E-state index contributed by atoms with van der Waals surface area (Å²) in [5.74, 6) is -1.53. The molecule has 0 amide bonds. The summed E-state index contributed by atoms with van der Waals surface area (Å²) in [5, 5.41) is 13.1. The minimum Gasteiger partial charge on any atom is -0.548 e. The highest BCUT2D eigenvalue weighted by Gasteiger charge is 2.38. The Labute approximate surface area is 93.6 Å². The van der Waals surface area contributed by atoms with Gasteiger partial charge in [-0.05, 0) is 13.8 Å². The molecule has 1 aromatic rings. The summed E-state index contributed by atoms with van der Waals surface area (Å²) in [5.41, 5.74) is -1.36. The van der Waals surface area contributed by atoms with Crippen molar-refractivity contribution in [2.24, 2.45) is 0 Å². The zero-order valence-electron chi connectivity index (χ0n) is 8.30. The van der Waals surface area contributed by atoms with E-state index in [2.05, 4.69) is 5.10 Å². The highest BCUT2D eigenvalue weighted by molar-refractivity contribution is 6.32. The summed E-state index contributed by atoms with van der Waals surface area (Å²) in [6.45, 7) is 2.41. The summed E-state index contributed by atoms with van der Waals surface area (Å²) >= 11 is 5.43. The number of hydrogen-bond donors (Lipinski definition) is 0. The molecular formula is C8H7ClF3N2O2-. The van der Waals surface area contributed by atoms with Gasteiger partial charge in [0.25, 0.3) is 0 Å². The molecule has 0 unspecified atom stereocenters. The van der Waals surface area contributed by atoms with Gasteiger partial charge in [0, 0.05) is 0 Å². The lowest BCUT2D eigenvalue weighted by molar-refractivity contribution is -0.310. The van der Waals surface area contributed by atoms with Gasteiger partial charge in [0.1, 0.15) is 0 Å². The van der Waals surface area contributed by atoms with Gasteiger partial charge in [-0.15, -0.1) is 0 Å². The van der Waals surface area contributed by atoms with Gasteiger partial charge in [-0.25, -0.2) is 0 Å². The molecule has 8 heteroatoms. The van der Waals surface area contributed by atoms with Crippen LogP contribution in [0.4, 0.5) is 13.2 Å². The van der Waals surface area contributed by atoms with Gasteiger partial charge >= 0.3 is 6.18 Å². The van der Waals surface area contributed by atoms with Gasteiger partial charge in [-0.2, -0.15) is 18.3 Å². The first kappa shape index (κ1) is 12.8. The molecule has 0 aliphatic heterocycles. The third-order valence-corrected chi connectivity index (χ3v) is 2.51. The third kappa shape index (κ3) is 2.13. The Kier molecular flexibility index (Phi) is 3.18. The maximum atomic E-state index is 12.4. The number of halogens is 4. The van der Waals surface area contributed by atoms with Crippen molar-refractivity contribution in [2.45, 2.75) is 26.1 Å². The zero-order valence-corrected chi connectivity index (χ0v) is 9.06. The average Bonchev–Trinajstić information content (AvgIpc) is 2.42. The molecule has 1 aromatic heterocycles. The van der Waals surface area contributed by atoms with Crippen molar-refractivity contribution in [1.82, 2.24) is 9.78 Å². The number of carbonyl (C=O) groups is 1. The molecule has 0 saturated carbocycles. The van der Waals surface area contributed by atoms with Crippen LogP contribution in [0.5, 0.6) is 0 Å². The molecule has 0 spiro atoms. The Morgan fingerprint density at radius 2 is 2.06 bits per heavy atom. The molecule has 0 N–H and O–H groups in total. The maximum absolute atomic E-state index is 12.4. The van der Waals surface area contributed by atoms with Crippen molar-refractivity contribution in [3.8, 4) is 0 Å². The van der Waals surface area contributed by atoms with Crippen molar-refractivity contribution >= 4 is 17.6 Å². The number of aliphatic carboxylic acids is 1. The van der Waals surface area contributed by atoms with Crippen LogP contribution in [0, 0.1) is 6.92 Å². The van der Waals surface area contributed by atoms with Gasteiger partial charge in [0.2, 0.25) is 0 Å². The molecule has 0 bridgehead atoms. The standard InChI is InChI=1S/C8H8ClF3N2O2/c1-3-5(9)6(8(10,11)12)13-14(3)4(2)7(15)16/h4H,1-2H3,(H,15,16)/p-1/t4-/m0/s1. The van der Waals surface area contributed by atoms with Gasteiger partial charge in [-0.3, -0.25) is 4.68 Å². The SMILES string of the molecule is Cc1c(Cl)c(C(F)(F)F)nn1[C@@H](C)C(=O)[O-]. The second-order valence-electron chi connectivity index (χ2n) is 3.19. The molecule has 16 heavy (non-hydrogen) atoms. The van der Waals surface area contributed by atoms with Crippen molar-refractivity contribution in [2.75, 3.05) is 0 Å². The highest BCUT2D eigenvalue weighted by Crippen LogP contribution is 2.35. The van der Waals surface area contributed by atoms with E-state index in [0.717, 1.165) is 6.92 Å². The van der Waals surface area contributed by atoms with Gasteiger partial charge in [-0.1, -0.05) is 11.6 Å². The van der Waals surface area contributed by atoms with Crippen LogP contribution in [-0.2, 0) is 11.0 Å². The fourth-order valence-electron chi connectivity index (χ4n) is 1.16. The Morgan fingerprint density at radius 3 is 2.38 bits per heavy atom. The predicted molar refractivity (Wildman–Crippen MR) is 46.7 cm³/mol. The second kappa shape index (κ2) is 3.97. The molecule has 0 aliphatic carbocycles. The van der Waals surface area contributed by atoms with E-state index < -0.39 is 28.9 Å². The predicted octanol–water partition coefficient (Wildman–Crippen LogP) is 1.17. The Bertz CT molecular complexity index is 428. The quantitative estimate of drug-likeness (QED) is 0.797. The largest absolute Gasteiger partial charge is 0.548 e. The van der Waals surface area contributed by atoms with Crippen molar-refractivity contribution in [1.29, 1.82) is 0 Å². The number of rotatable bonds is 2. The minimum atomic E-state index is -4.71. The number of hydrogen-bond acceptors (Lipinski definition) is 3. The van der Waals surface area contributed by atoms with E-state index in [9.17, 15) is 23.1 Å². The van der Waals surface area contributed by atoms with Crippen molar-refractivity contribution in [3.63, 3.8) is 0 Å². The summed E-state index contributed by atoms with van der Waals surface area (Å²) in [6, 6.07) is -1.31. The van der Waals surface area contributed by atoms with Crippen LogP contribution in [0.3, 0.4) is 0 Å². The maximum Gasteiger partial charge on any atom is 0.436 e. The zero-order chi connectivity index (χ0) is 12.7. The normalized spacial score (nSPS) is 13.9. The monoisotopic (exact) mass is 255 g/mol. The molecule has 4 nitrogen and oxygen atoms in total. The Morgan fingerprint density at radius 1 is 1.56 bits per heavy atom. The Balaban J connectivity index is 3.30. The van der Waals surface area contributed by atoms with E-state index in [0.29, 0.717) is 4.68 Å². The lowest BCUT2D eigenvalue weighted by atomic mass is 10.3. The van der Waals surface area contributed by atoms with Crippen LogP contribution < -0.4 is 5.11 Å². The van der Waals surface area contributed by atoms with Gasteiger partial charge < -0.3 is 9.90 Å². The Hall–Kier alpha value is -1.24. The van der Waals surface area contributed by atoms with Crippen LogP contribution in [0.1, 0.15) is 24.4 Å². The molecule has 1 atom stereocenters. The first-order valence-corrected chi connectivity index (χ1v) is 4.56. The molecule has 0 fully saturated rings. The van der Waals surface area contributed by atoms with E-state index in [1.165, 1.54) is 6.92 Å². The number of nitrogens with zero attached hydrogens (tertiary/aromatic N) is 2. The molecule has 1 rings (SSSR count). The van der Waals surface area contributed by atoms with Crippen molar-refractivity contribution < 1.29 is 23.1 Å². The smallest absolute Gasteiger partial charge is 0.436 e. The minimum absolute atomic E-state index is 0.0642. The third-order valence-electron chi connectivity index (χ3n) is 2.05. The summed E-state index contributed by atoms with van der Waals surface area (Å²) < 4.78 is 37.8. The summed E-state index contributed by atoms with van der Waals surface area (Å²) in [6.07, 6.45) is -4.71. The summed E-state index contributed by atoms with van der Waals surface area (Å²) in [4.78, 5) is 10.5. The molecule has 0 aliphatic rings. The number of alkyl halides is 3. The van der Waals surface area contributed by atoms with Gasteiger partial charge in [0.05, 0.1) is 22.7 Å². The number of carbonyl (C=O) groups excluding carboxylic acids is 1. The van der Waals surface area contributed by atoms with E-state index in [-0.39, 0.29) is 5.69 Å². The van der Waals surface area contributed by atoms with Crippen LogP contribution in [0.15, 0.2) is 0 Å². The second-order valence-corrected chi connectivity index (χ2v) is 3.56. The topological polar surface area (TPSA) is 58.0 Å². The molecule has 90 valence electrons. The van der Waals surface area contributed by atoms with Crippen LogP contribution in [0.25, 0.3) is 0 Å². The molecular weight excluding hydrogens is 249 g/mol. The number of carboxylic acid groups (broad SMARTS) is 1. The number of carboxylic acids is 1. The van der Waals surface area contributed by atoms with E-state index >= 15 is 0 Å². The van der Waals surface area contributed by atoms with E-state index in [1.54, 1.807) is 0 Å². The first-order chi connectivity index (χ1) is 7.16. The first-order valence-electron chi connectivity index (χ1n) is 4.19. The van der Waals surface area contributed by atoms with Crippen LogP contribution in [-0.4, -0.2) is 15.7 Å². The summed E-state index contributed by atoms with van der Waals surface area (Å²) in [7, 11) is 0. The average molecular weight is 256 g/mol. The van der Waals surface area contributed by atoms with E-state index in [1.807, 2.05) is 0 Å².